The van der Waals surface area contributed by atoms with Crippen molar-refractivity contribution in [2.75, 3.05) is 4.90 Å². The standard InChI is InChI=1S/C54H35FN2S/c55-47-22-13-26-51-53(47)46-19-6-10-25-50(46)57(51)49-24-9-5-17-42(49)37-28-32-39(33-29-37)56(48-23-8-4-16-41(48)36-14-2-1-3-15-36)40-34-30-38(31-35-40)43-20-12-21-45-44-18-7-11-27-52(44)58-54(43)45/h1-35H. The number of hydrogen-bond acceptors (Lipinski definition) is 2. The van der Waals surface area contributed by atoms with Crippen LogP contribution in [0.15, 0.2) is 212 Å². The lowest BCUT2D eigenvalue weighted by molar-refractivity contribution is 0.640. The Balaban J connectivity index is 1.04. The highest BCUT2D eigenvalue weighted by molar-refractivity contribution is 7.26. The van der Waals surface area contributed by atoms with Gasteiger partial charge in [0.1, 0.15) is 5.82 Å². The molecule has 0 bridgehead atoms. The summed E-state index contributed by atoms with van der Waals surface area (Å²) in [5.41, 5.74) is 12.9. The summed E-state index contributed by atoms with van der Waals surface area (Å²) in [6.07, 6.45) is 0. The second kappa shape index (κ2) is 14.0. The molecule has 2 heterocycles. The van der Waals surface area contributed by atoms with E-state index in [0.717, 1.165) is 61.4 Å². The third-order valence-electron chi connectivity index (χ3n) is 11.3. The zero-order valence-electron chi connectivity index (χ0n) is 31.4. The smallest absolute Gasteiger partial charge is 0.133 e. The maximum absolute atomic E-state index is 15.4. The van der Waals surface area contributed by atoms with Crippen LogP contribution in [0.2, 0.25) is 0 Å². The van der Waals surface area contributed by atoms with E-state index in [1.54, 1.807) is 12.1 Å². The van der Waals surface area contributed by atoms with Crippen LogP contribution in [0.3, 0.4) is 0 Å². The molecule has 0 aliphatic rings. The molecule has 0 amide bonds. The number of nitrogens with zero attached hydrogens (tertiary/aromatic N) is 2. The van der Waals surface area contributed by atoms with Crippen LogP contribution in [-0.2, 0) is 0 Å². The first-order valence-corrected chi connectivity index (χ1v) is 20.4. The number of benzene rings is 9. The lowest BCUT2D eigenvalue weighted by Gasteiger charge is -2.28. The zero-order valence-corrected chi connectivity index (χ0v) is 32.2. The van der Waals surface area contributed by atoms with Gasteiger partial charge in [-0.15, -0.1) is 11.3 Å². The molecular weight excluding hydrogens is 728 g/mol. The molecule has 11 rings (SSSR count). The summed E-state index contributed by atoms with van der Waals surface area (Å²) in [4.78, 5) is 2.36. The molecule has 0 spiro atoms. The van der Waals surface area contributed by atoms with Crippen LogP contribution >= 0.6 is 11.3 Å². The number of fused-ring (bicyclic) bond motifs is 6. The average molecular weight is 763 g/mol. The molecule has 58 heavy (non-hydrogen) atoms. The van der Waals surface area contributed by atoms with E-state index in [4.69, 9.17) is 0 Å². The Bertz CT molecular complexity index is 3290. The first-order chi connectivity index (χ1) is 28.7. The molecule has 0 saturated heterocycles. The van der Waals surface area contributed by atoms with Crippen molar-refractivity contribution >= 4 is 70.4 Å². The molecule has 274 valence electrons. The Labute approximate surface area is 339 Å². The van der Waals surface area contributed by atoms with Crippen molar-refractivity contribution in [2.45, 2.75) is 0 Å². The predicted molar refractivity (Wildman–Crippen MR) is 245 cm³/mol. The summed E-state index contributed by atoms with van der Waals surface area (Å²) in [5.74, 6) is -0.213. The second-order valence-electron chi connectivity index (χ2n) is 14.6. The fourth-order valence-electron chi connectivity index (χ4n) is 8.66. The van der Waals surface area contributed by atoms with Gasteiger partial charge < -0.3 is 9.47 Å². The van der Waals surface area contributed by atoms with E-state index >= 15 is 4.39 Å². The van der Waals surface area contributed by atoms with Gasteiger partial charge in [-0.05, 0) is 82.9 Å². The van der Waals surface area contributed by atoms with Crippen molar-refractivity contribution in [2.24, 2.45) is 0 Å². The summed E-state index contributed by atoms with van der Waals surface area (Å²) < 4.78 is 20.2. The van der Waals surface area contributed by atoms with Crippen LogP contribution in [0.1, 0.15) is 0 Å². The summed E-state index contributed by atoms with van der Waals surface area (Å²) >= 11 is 1.86. The van der Waals surface area contributed by atoms with Gasteiger partial charge in [0.25, 0.3) is 0 Å². The molecule has 2 nitrogen and oxygen atoms in total. The van der Waals surface area contributed by atoms with Gasteiger partial charge >= 0.3 is 0 Å². The zero-order chi connectivity index (χ0) is 38.6. The number of aromatic nitrogens is 1. The monoisotopic (exact) mass is 762 g/mol. The summed E-state index contributed by atoms with van der Waals surface area (Å²) in [7, 11) is 0. The topological polar surface area (TPSA) is 8.17 Å². The Morgan fingerprint density at radius 3 is 1.74 bits per heavy atom. The van der Waals surface area contributed by atoms with E-state index in [0.29, 0.717) is 5.39 Å². The summed E-state index contributed by atoms with van der Waals surface area (Å²) in [6, 6.07) is 74.2. The largest absolute Gasteiger partial charge is 0.310 e. The Hall–Kier alpha value is -7.27. The van der Waals surface area contributed by atoms with Gasteiger partial charge in [-0.2, -0.15) is 0 Å². The third-order valence-corrected chi connectivity index (χ3v) is 12.5. The van der Waals surface area contributed by atoms with Gasteiger partial charge in [0.05, 0.1) is 22.4 Å². The fraction of sp³-hybridized carbons (Fsp3) is 0. The Morgan fingerprint density at radius 2 is 0.948 bits per heavy atom. The van der Waals surface area contributed by atoms with Gasteiger partial charge in [0, 0.05) is 53.4 Å². The summed E-state index contributed by atoms with van der Waals surface area (Å²) in [5, 5.41) is 4.15. The second-order valence-corrected chi connectivity index (χ2v) is 15.6. The Morgan fingerprint density at radius 1 is 0.397 bits per heavy atom. The average Bonchev–Trinajstić information content (AvgIpc) is 3.84. The molecule has 0 saturated carbocycles. The van der Waals surface area contributed by atoms with Crippen molar-refractivity contribution < 1.29 is 4.39 Å². The molecule has 0 atom stereocenters. The van der Waals surface area contributed by atoms with E-state index in [9.17, 15) is 0 Å². The molecule has 11 aromatic rings. The fourth-order valence-corrected chi connectivity index (χ4v) is 9.90. The third kappa shape index (κ3) is 5.61. The van der Waals surface area contributed by atoms with Crippen molar-refractivity contribution in [3.8, 4) is 39.1 Å². The number of thiophene rings is 1. The first kappa shape index (κ1) is 34.0. The number of anilines is 3. The highest BCUT2D eigenvalue weighted by Crippen LogP contribution is 2.44. The lowest BCUT2D eigenvalue weighted by Crippen LogP contribution is -2.11. The van der Waals surface area contributed by atoms with Gasteiger partial charge in [0.15, 0.2) is 0 Å². The highest BCUT2D eigenvalue weighted by Gasteiger charge is 2.20. The molecule has 0 aliphatic carbocycles. The highest BCUT2D eigenvalue weighted by atomic mass is 32.1. The number of rotatable bonds is 7. The van der Waals surface area contributed by atoms with Gasteiger partial charge in [-0.3, -0.25) is 0 Å². The number of hydrogen-bond donors (Lipinski definition) is 0. The van der Waals surface area contributed by atoms with Crippen LogP contribution in [0.25, 0.3) is 81.0 Å². The van der Waals surface area contributed by atoms with Crippen LogP contribution in [0.4, 0.5) is 21.5 Å². The minimum absolute atomic E-state index is 0.213. The summed E-state index contributed by atoms with van der Waals surface area (Å²) in [6.45, 7) is 0. The van der Waals surface area contributed by atoms with Gasteiger partial charge in [0.2, 0.25) is 0 Å². The van der Waals surface area contributed by atoms with Gasteiger partial charge in [-0.25, -0.2) is 4.39 Å². The molecule has 0 radical (unpaired) electrons. The lowest BCUT2D eigenvalue weighted by atomic mass is 9.99. The minimum Gasteiger partial charge on any atom is -0.310 e. The minimum atomic E-state index is -0.213. The number of halogens is 1. The molecule has 4 heteroatoms. The normalized spacial score (nSPS) is 11.5. The molecule has 2 aromatic heterocycles. The molecular formula is C54H35FN2S. The van der Waals surface area contributed by atoms with Crippen LogP contribution in [0, 0.1) is 5.82 Å². The van der Waals surface area contributed by atoms with Crippen LogP contribution < -0.4 is 4.90 Å². The molecule has 0 aliphatic heterocycles. The number of para-hydroxylation sites is 3. The van der Waals surface area contributed by atoms with E-state index < -0.39 is 0 Å². The van der Waals surface area contributed by atoms with Crippen molar-refractivity contribution in [1.29, 1.82) is 0 Å². The first-order valence-electron chi connectivity index (χ1n) is 19.5. The molecule has 0 fully saturated rings. The van der Waals surface area contributed by atoms with Crippen molar-refractivity contribution in [3.05, 3.63) is 218 Å². The molecule has 0 unspecified atom stereocenters. The SMILES string of the molecule is Fc1cccc2c1c1ccccc1n2-c1ccccc1-c1ccc(N(c2ccc(-c3cccc4c3sc3ccccc34)cc2)c2ccccc2-c2ccccc2)cc1. The Kier molecular flexibility index (Phi) is 8.23. The van der Waals surface area contributed by atoms with E-state index in [1.165, 1.54) is 31.3 Å². The molecule has 9 aromatic carbocycles. The van der Waals surface area contributed by atoms with E-state index in [2.05, 4.69) is 185 Å². The van der Waals surface area contributed by atoms with E-state index in [-0.39, 0.29) is 5.82 Å². The van der Waals surface area contributed by atoms with Crippen LogP contribution in [0.5, 0.6) is 0 Å². The predicted octanol–water partition coefficient (Wildman–Crippen LogP) is 15.8. The maximum atomic E-state index is 15.4. The van der Waals surface area contributed by atoms with Crippen molar-refractivity contribution in [1.82, 2.24) is 4.57 Å². The van der Waals surface area contributed by atoms with E-state index in [1.807, 2.05) is 35.6 Å². The van der Waals surface area contributed by atoms with Crippen molar-refractivity contribution in [3.63, 3.8) is 0 Å². The van der Waals surface area contributed by atoms with Crippen LogP contribution in [-0.4, -0.2) is 4.57 Å². The molecule has 0 N–H and O–H groups in total. The maximum Gasteiger partial charge on any atom is 0.133 e. The van der Waals surface area contributed by atoms with Gasteiger partial charge in [-0.1, -0.05) is 152 Å². The quantitative estimate of drug-likeness (QED) is 0.157.